The fourth-order valence-corrected chi connectivity index (χ4v) is 1.62. The van der Waals surface area contributed by atoms with E-state index in [4.69, 9.17) is 11.0 Å². The molecule has 0 aliphatic rings. The molecule has 0 unspecified atom stereocenters. The molecule has 2 aromatic rings. The lowest BCUT2D eigenvalue weighted by Gasteiger charge is -2.04. The summed E-state index contributed by atoms with van der Waals surface area (Å²) < 4.78 is 14.6. The first-order chi connectivity index (χ1) is 8.26. The van der Waals surface area contributed by atoms with Crippen LogP contribution in [-0.2, 0) is 13.1 Å². The molecule has 0 bridgehead atoms. The third-order valence-corrected chi connectivity index (χ3v) is 2.32. The van der Waals surface area contributed by atoms with Crippen LogP contribution in [0.2, 0.25) is 0 Å². The Kier molecular flexibility index (Phi) is 3.12. The van der Waals surface area contributed by atoms with Crippen LogP contribution in [0.15, 0.2) is 24.3 Å². The van der Waals surface area contributed by atoms with Crippen molar-refractivity contribution >= 4 is 0 Å². The molecule has 17 heavy (non-hydrogen) atoms. The number of hydrogen-bond donors (Lipinski definition) is 1. The highest BCUT2D eigenvalue weighted by atomic mass is 19.1. The van der Waals surface area contributed by atoms with Gasteiger partial charge in [-0.2, -0.15) is 5.26 Å². The minimum atomic E-state index is -0.352. The Balaban J connectivity index is 2.56. The second kappa shape index (κ2) is 4.72. The molecule has 0 aliphatic carbocycles. The minimum absolute atomic E-state index is 0.0544. The van der Waals surface area contributed by atoms with Gasteiger partial charge >= 0.3 is 0 Å². The molecule has 5 nitrogen and oxygen atoms in total. The average Bonchev–Trinajstić information content (AvgIpc) is 2.72. The molecule has 6 heteroatoms. The van der Waals surface area contributed by atoms with Crippen LogP contribution in [0.25, 0.3) is 11.3 Å². The van der Waals surface area contributed by atoms with E-state index in [1.54, 1.807) is 12.1 Å². The molecule has 86 valence electrons. The van der Waals surface area contributed by atoms with E-state index in [1.807, 2.05) is 6.07 Å². The summed E-state index contributed by atoms with van der Waals surface area (Å²) in [5.41, 5.74) is 7.30. The number of aromatic nitrogens is 3. The number of rotatable bonds is 3. The first kappa shape index (κ1) is 11.2. The van der Waals surface area contributed by atoms with Crippen LogP contribution < -0.4 is 5.73 Å². The molecule has 0 fully saturated rings. The molecule has 0 saturated heterocycles. The molecule has 0 atom stereocenters. The molecule has 0 spiro atoms. The van der Waals surface area contributed by atoms with Crippen LogP contribution >= 0.6 is 0 Å². The molecule has 0 radical (unpaired) electrons. The number of nitriles is 1. The van der Waals surface area contributed by atoms with Crippen LogP contribution in [0.4, 0.5) is 4.39 Å². The summed E-state index contributed by atoms with van der Waals surface area (Å²) in [6.07, 6.45) is 0. The van der Waals surface area contributed by atoms with Crippen molar-refractivity contribution in [2.75, 3.05) is 0 Å². The van der Waals surface area contributed by atoms with Gasteiger partial charge < -0.3 is 5.73 Å². The maximum Gasteiger partial charge on any atom is 0.130 e. The third-order valence-electron chi connectivity index (χ3n) is 2.32. The van der Waals surface area contributed by atoms with Crippen LogP contribution in [-0.4, -0.2) is 15.0 Å². The van der Waals surface area contributed by atoms with Crippen molar-refractivity contribution in [2.24, 2.45) is 5.73 Å². The zero-order valence-corrected chi connectivity index (χ0v) is 8.97. The van der Waals surface area contributed by atoms with Gasteiger partial charge in [0.05, 0.1) is 11.8 Å². The van der Waals surface area contributed by atoms with Crippen molar-refractivity contribution < 1.29 is 4.39 Å². The molecule has 1 heterocycles. The highest BCUT2D eigenvalue weighted by Gasteiger charge is 2.13. The number of nitrogens with zero attached hydrogens (tertiary/aromatic N) is 4. The van der Waals surface area contributed by atoms with E-state index in [0.29, 0.717) is 17.0 Å². The number of benzene rings is 1. The number of hydrogen-bond acceptors (Lipinski definition) is 4. The maximum absolute atomic E-state index is 13.2. The average molecular weight is 231 g/mol. The van der Waals surface area contributed by atoms with Gasteiger partial charge in [0.1, 0.15) is 18.1 Å². The molecule has 0 saturated carbocycles. The van der Waals surface area contributed by atoms with E-state index < -0.39 is 0 Å². The summed E-state index contributed by atoms with van der Waals surface area (Å²) in [6.45, 7) is 0.246. The smallest absolute Gasteiger partial charge is 0.130 e. The van der Waals surface area contributed by atoms with Crippen molar-refractivity contribution in [1.82, 2.24) is 15.0 Å². The van der Waals surface area contributed by atoms with Gasteiger partial charge in [0.2, 0.25) is 0 Å². The van der Waals surface area contributed by atoms with Gasteiger partial charge in [-0.05, 0) is 12.1 Å². The van der Waals surface area contributed by atoms with Crippen molar-refractivity contribution in [2.45, 2.75) is 13.1 Å². The first-order valence-corrected chi connectivity index (χ1v) is 5.01. The zero-order chi connectivity index (χ0) is 12.3. The van der Waals surface area contributed by atoms with Gasteiger partial charge in [0.25, 0.3) is 0 Å². The lowest BCUT2D eigenvalue weighted by molar-refractivity contribution is 0.627. The fraction of sp³-hybridized carbons (Fsp3) is 0.182. The Morgan fingerprint density at radius 2 is 2.29 bits per heavy atom. The van der Waals surface area contributed by atoms with Crippen LogP contribution in [0.3, 0.4) is 0 Å². The molecule has 2 rings (SSSR count). The van der Waals surface area contributed by atoms with E-state index in [-0.39, 0.29) is 18.9 Å². The quantitative estimate of drug-likeness (QED) is 0.856. The van der Waals surface area contributed by atoms with Crippen molar-refractivity contribution in [3.63, 3.8) is 0 Å². The molecule has 1 aromatic heterocycles. The lowest BCUT2D eigenvalue weighted by Crippen LogP contribution is -2.03. The van der Waals surface area contributed by atoms with E-state index in [2.05, 4.69) is 10.3 Å². The SMILES string of the molecule is N#CCn1nnc(CN)c1-c1cccc(F)c1. The predicted octanol–water partition coefficient (Wildman–Crippen LogP) is 1.07. The summed E-state index contributed by atoms with van der Waals surface area (Å²) >= 11 is 0. The highest BCUT2D eigenvalue weighted by Crippen LogP contribution is 2.22. The molecular weight excluding hydrogens is 221 g/mol. The van der Waals surface area contributed by atoms with Gasteiger partial charge in [-0.1, -0.05) is 17.3 Å². The van der Waals surface area contributed by atoms with E-state index in [0.717, 1.165) is 0 Å². The van der Waals surface area contributed by atoms with Gasteiger partial charge in [-0.15, -0.1) is 5.10 Å². The summed E-state index contributed by atoms with van der Waals surface area (Å²) in [6, 6.07) is 8.01. The summed E-state index contributed by atoms with van der Waals surface area (Å²) in [4.78, 5) is 0. The van der Waals surface area contributed by atoms with E-state index >= 15 is 0 Å². The Hall–Kier alpha value is -2.26. The molecule has 0 aliphatic heterocycles. The summed E-state index contributed by atoms with van der Waals surface area (Å²) in [7, 11) is 0. The van der Waals surface area contributed by atoms with Crippen LogP contribution in [0.1, 0.15) is 5.69 Å². The van der Waals surface area contributed by atoms with E-state index in [1.165, 1.54) is 16.8 Å². The Morgan fingerprint density at radius 1 is 1.47 bits per heavy atom. The van der Waals surface area contributed by atoms with Gasteiger partial charge in [0, 0.05) is 12.1 Å². The highest BCUT2D eigenvalue weighted by molar-refractivity contribution is 5.61. The van der Waals surface area contributed by atoms with Gasteiger partial charge in [-0.25, -0.2) is 9.07 Å². The minimum Gasteiger partial charge on any atom is -0.325 e. The zero-order valence-electron chi connectivity index (χ0n) is 8.97. The maximum atomic E-state index is 13.2. The van der Waals surface area contributed by atoms with Gasteiger partial charge in [0.15, 0.2) is 0 Å². The number of nitrogens with two attached hydrogens (primary N) is 1. The molecule has 2 N–H and O–H groups in total. The lowest BCUT2D eigenvalue weighted by atomic mass is 10.1. The van der Waals surface area contributed by atoms with E-state index in [9.17, 15) is 4.39 Å². The largest absolute Gasteiger partial charge is 0.325 e. The second-order valence-corrected chi connectivity index (χ2v) is 3.41. The molecular formula is C11H10FN5. The van der Waals surface area contributed by atoms with Crippen molar-refractivity contribution in [3.05, 3.63) is 35.8 Å². The van der Waals surface area contributed by atoms with Crippen LogP contribution in [0.5, 0.6) is 0 Å². The Labute approximate surface area is 97.3 Å². The Morgan fingerprint density at radius 3 is 2.94 bits per heavy atom. The third kappa shape index (κ3) is 2.14. The van der Waals surface area contributed by atoms with Crippen molar-refractivity contribution in [3.8, 4) is 17.3 Å². The summed E-state index contributed by atoms with van der Waals surface area (Å²) in [5, 5.41) is 16.4. The standard InChI is InChI=1S/C11H10FN5/c12-9-3-1-2-8(6-9)11-10(7-14)15-16-17(11)5-4-13/h1-3,6H,5,7,14H2. The normalized spacial score (nSPS) is 10.2. The Bertz CT molecular complexity index is 569. The molecule has 0 amide bonds. The second-order valence-electron chi connectivity index (χ2n) is 3.41. The predicted molar refractivity (Wildman–Crippen MR) is 58.9 cm³/mol. The monoisotopic (exact) mass is 231 g/mol. The fourth-order valence-electron chi connectivity index (χ4n) is 1.62. The topological polar surface area (TPSA) is 80.5 Å². The van der Waals surface area contributed by atoms with Gasteiger partial charge in [-0.3, -0.25) is 0 Å². The molecule has 1 aromatic carbocycles. The van der Waals surface area contributed by atoms with Crippen molar-refractivity contribution in [1.29, 1.82) is 5.26 Å². The van der Waals surface area contributed by atoms with Crippen LogP contribution in [0, 0.1) is 17.1 Å². The first-order valence-electron chi connectivity index (χ1n) is 5.01. The number of halogens is 1. The summed E-state index contributed by atoms with van der Waals surface area (Å²) in [5.74, 6) is -0.352.